The van der Waals surface area contributed by atoms with Gasteiger partial charge in [0.2, 0.25) is 0 Å². The molecule has 1 aromatic carbocycles. The Morgan fingerprint density at radius 2 is 1.64 bits per heavy atom. The van der Waals surface area contributed by atoms with Gasteiger partial charge in [-0.2, -0.15) is 0 Å². The first kappa shape index (κ1) is 19.8. The third-order valence-electron chi connectivity index (χ3n) is 4.63. The lowest BCUT2D eigenvalue weighted by atomic mass is 10.2. The van der Waals surface area contributed by atoms with Gasteiger partial charge in [0.05, 0.1) is 0 Å². The van der Waals surface area contributed by atoms with E-state index in [-0.39, 0.29) is 18.0 Å². The average Bonchev–Trinajstić information content (AvgIpc) is 2.69. The van der Waals surface area contributed by atoms with Crippen LogP contribution in [0.4, 0.5) is 10.5 Å². The van der Waals surface area contributed by atoms with Crippen molar-refractivity contribution < 1.29 is 9.59 Å². The van der Waals surface area contributed by atoms with E-state index in [9.17, 15) is 9.59 Å². The van der Waals surface area contributed by atoms with Gasteiger partial charge in [0.15, 0.2) is 0 Å². The molecule has 0 saturated carbocycles. The average molecular weight is 381 g/mol. The molecule has 1 aliphatic heterocycles. The number of anilines is 1. The first-order valence-corrected chi connectivity index (χ1v) is 9.59. The molecule has 1 aliphatic rings. The highest BCUT2D eigenvalue weighted by atomic mass is 16.2. The van der Waals surface area contributed by atoms with Gasteiger partial charge < -0.3 is 15.5 Å². The highest BCUT2D eigenvalue weighted by Crippen LogP contribution is 2.13. The highest BCUT2D eigenvalue weighted by Gasteiger charge is 2.21. The van der Waals surface area contributed by atoms with Crippen LogP contribution in [0.1, 0.15) is 29.8 Å². The van der Waals surface area contributed by atoms with Crippen LogP contribution in [0, 0.1) is 0 Å². The molecule has 2 aromatic rings. The molecule has 1 saturated heterocycles. The fraction of sp³-hybridized carbons (Fsp3) is 0.381. The van der Waals surface area contributed by atoms with Crippen LogP contribution < -0.4 is 10.6 Å². The zero-order valence-electron chi connectivity index (χ0n) is 16.4. The summed E-state index contributed by atoms with van der Waals surface area (Å²) in [5, 5.41) is 5.76. The van der Waals surface area contributed by atoms with Gasteiger partial charge in [-0.05, 0) is 55.8 Å². The second kappa shape index (κ2) is 9.32. The molecule has 28 heavy (non-hydrogen) atoms. The predicted molar refractivity (Wildman–Crippen MR) is 109 cm³/mol. The molecule has 0 bridgehead atoms. The Morgan fingerprint density at radius 1 is 1.00 bits per heavy atom. The summed E-state index contributed by atoms with van der Waals surface area (Å²) in [5.41, 5.74) is 2.50. The Kier molecular flexibility index (Phi) is 6.60. The van der Waals surface area contributed by atoms with Crippen LogP contribution in [-0.4, -0.2) is 58.9 Å². The number of hydrogen-bond donors (Lipinski definition) is 2. The number of nitrogens with one attached hydrogen (secondary N) is 2. The van der Waals surface area contributed by atoms with E-state index in [2.05, 4.69) is 20.5 Å². The maximum atomic E-state index is 12.5. The molecular weight excluding hydrogens is 354 g/mol. The maximum absolute atomic E-state index is 12.5. The largest absolute Gasteiger partial charge is 0.350 e. The Morgan fingerprint density at radius 3 is 2.25 bits per heavy atom. The fourth-order valence-corrected chi connectivity index (χ4v) is 3.11. The van der Waals surface area contributed by atoms with Crippen molar-refractivity contribution in [2.24, 2.45) is 0 Å². The molecule has 148 valence electrons. The van der Waals surface area contributed by atoms with Gasteiger partial charge in [-0.3, -0.25) is 14.7 Å². The smallest absolute Gasteiger partial charge is 0.321 e. The van der Waals surface area contributed by atoms with Gasteiger partial charge in [0.1, 0.15) is 0 Å². The maximum Gasteiger partial charge on any atom is 0.321 e. The molecule has 1 aromatic heterocycles. The molecule has 2 heterocycles. The third-order valence-corrected chi connectivity index (χ3v) is 4.63. The number of urea groups is 1. The van der Waals surface area contributed by atoms with Gasteiger partial charge in [0, 0.05) is 62.4 Å². The molecular formula is C21H27N5O2. The number of nitrogens with zero attached hydrogens (tertiary/aromatic N) is 3. The van der Waals surface area contributed by atoms with Crippen LogP contribution in [0.2, 0.25) is 0 Å². The van der Waals surface area contributed by atoms with Crippen LogP contribution in [0.15, 0.2) is 48.8 Å². The van der Waals surface area contributed by atoms with Crippen LogP contribution in [0.25, 0.3) is 0 Å². The minimum absolute atomic E-state index is 0.0871. The van der Waals surface area contributed by atoms with Crippen molar-refractivity contribution in [3.05, 3.63) is 59.9 Å². The lowest BCUT2D eigenvalue weighted by molar-refractivity contribution is 0.0943. The number of carbonyl (C=O) groups excluding carboxylic acids is 2. The van der Waals surface area contributed by atoms with Crippen molar-refractivity contribution in [3.63, 3.8) is 0 Å². The van der Waals surface area contributed by atoms with Crippen molar-refractivity contribution >= 4 is 17.6 Å². The molecule has 2 N–H and O–H groups in total. The van der Waals surface area contributed by atoms with Crippen molar-refractivity contribution in [3.8, 4) is 0 Å². The number of carbonyl (C=O) groups is 2. The van der Waals surface area contributed by atoms with Gasteiger partial charge in [0.25, 0.3) is 5.91 Å². The SMILES string of the molecule is CC(C)NC(=O)c1ccc(NC(=O)N2CCN(Cc3ccncc3)CC2)cc1. The number of pyridine rings is 1. The number of piperazine rings is 1. The predicted octanol–water partition coefficient (Wildman–Crippen LogP) is 2.57. The molecule has 0 radical (unpaired) electrons. The molecule has 3 amide bonds. The summed E-state index contributed by atoms with van der Waals surface area (Å²) >= 11 is 0. The minimum atomic E-state index is -0.113. The van der Waals surface area contributed by atoms with E-state index in [1.165, 1.54) is 5.56 Å². The first-order chi connectivity index (χ1) is 13.5. The second-order valence-corrected chi connectivity index (χ2v) is 7.25. The lowest BCUT2D eigenvalue weighted by Crippen LogP contribution is -2.49. The Balaban J connectivity index is 1.47. The number of rotatable bonds is 5. The van der Waals surface area contributed by atoms with Crippen LogP contribution in [-0.2, 0) is 6.54 Å². The quantitative estimate of drug-likeness (QED) is 0.835. The summed E-state index contributed by atoms with van der Waals surface area (Å²) in [6, 6.07) is 11.0. The third kappa shape index (κ3) is 5.53. The molecule has 0 spiro atoms. The number of benzene rings is 1. The summed E-state index contributed by atoms with van der Waals surface area (Å²) < 4.78 is 0. The zero-order valence-corrected chi connectivity index (χ0v) is 16.4. The van der Waals surface area contributed by atoms with E-state index in [0.717, 1.165) is 19.6 Å². The van der Waals surface area contributed by atoms with Gasteiger partial charge in [-0.15, -0.1) is 0 Å². The van der Waals surface area contributed by atoms with Crippen LogP contribution in [0.5, 0.6) is 0 Å². The summed E-state index contributed by atoms with van der Waals surface area (Å²) in [4.78, 5) is 32.7. The fourth-order valence-electron chi connectivity index (χ4n) is 3.11. The second-order valence-electron chi connectivity index (χ2n) is 7.25. The molecule has 1 fully saturated rings. The van der Waals surface area contributed by atoms with Gasteiger partial charge >= 0.3 is 6.03 Å². The molecule has 7 heteroatoms. The van der Waals surface area contributed by atoms with Crippen LogP contribution in [0.3, 0.4) is 0 Å². The summed E-state index contributed by atoms with van der Waals surface area (Å²) in [7, 11) is 0. The Labute approximate surface area is 165 Å². The van der Waals surface area contributed by atoms with E-state index in [0.29, 0.717) is 24.3 Å². The topological polar surface area (TPSA) is 77.6 Å². The standard InChI is InChI=1S/C21H27N5O2/c1-16(2)23-20(27)18-3-5-19(6-4-18)24-21(28)26-13-11-25(12-14-26)15-17-7-9-22-10-8-17/h3-10,16H,11-15H2,1-2H3,(H,23,27)(H,24,28). The van der Waals surface area contributed by atoms with Crippen molar-refractivity contribution in [1.82, 2.24) is 20.1 Å². The lowest BCUT2D eigenvalue weighted by Gasteiger charge is -2.34. The Bertz CT molecular complexity index is 784. The van der Waals surface area contributed by atoms with Crippen molar-refractivity contribution in [2.45, 2.75) is 26.4 Å². The van der Waals surface area contributed by atoms with E-state index in [1.807, 2.05) is 30.9 Å². The molecule has 0 atom stereocenters. The molecule has 3 rings (SSSR count). The van der Waals surface area contributed by atoms with E-state index in [4.69, 9.17) is 0 Å². The van der Waals surface area contributed by atoms with Gasteiger partial charge in [-0.1, -0.05) is 0 Å². The van der Waals surface area contributed by atoms with E-state index < -0.39 is 0 Å². The number of amides is 3. The molecule has 0 unspecified atom stereocenters. The van der Waals surface area contributed by atoms with Gasteiger partial charge in [-0.25, -0.2) is 4.79 Å². The normalized spacial score (nSPS) is 14.8. The summed E-state index contributed by atoms with van der Waals surface area (Å²) in [6.07, 6.45) is 3.60. The molecule has 0 aliphatic carbocycles. The minimum Gasteiger partial charge on any atom is -0.350 e. The summed E-state index contributed by atoms with van der Waals surface area (Å²) in [6.45, 7) is 7.76. The van der Waals surface area contributed by atoms with E-state index in [1.54, 1.807) is 36.7 Å². The monoisotopic (exact) mass is 381 g/mol. The van der Waals surface area contributed by atoms with E-state index >= 15 is 0 Å². The summed E-state index contributed by atoms with van der Waals surface area (Å²) in [5.74, 6) is -0.113. The number of aromatic nitrogens is 1. The van der Waals surface area contributed by atoms with Crippen molar-refractivity contribution in [2.75, 3.05) is 31.5 Å². The molecule has 7 nitrogen and oxygen atoms in total. The van der Waals surface area contributed by atoms with Crippen LogP contribution >= 0.6 is 0 Å². The number of hydrogen-bond acceptors (Lipinski definition) is 4. The first-order valence-electron chi connectivity index (χ1n) is 9.59. The highest BCUT2D eigenvalue weighted by molar-refractivity contribution is 5.95. The Hall–Kier alpha value is -2.93. The zero-order chi connectivity index (χ0) is 19.9. The van der Waals surface area contributed by atoms with Crippen molar-refractivity contribution in [1.29, 1.82) is 0 Å².